The highest BCUT2D eigenvalue weighted by Crippen LogP contribution is 2.45. The molecule has 32 heavy (non-hydrogen) atoms. The van der Waals surface area contributed by atoms with Crippen molar-refractivity contribution in [3.8, 4) is 17.0 Å². The van der Waals surface area contributed by atoms with Crippen LogP contribution in [0.25, 0.3) is 11.3 Å². The highest BCUT2D eigenvalue weighted by atomic mass is 35.5. The highest BCUT2D eigenvalue weighted by Gasteiger charge is 2.38. The molecule has 0 unspecified atom stereocenters. The van der Waals surface area contributed by atoms with Gasteiger partial charge in [0.2, 0.25) is 0 Å². The molecule has 1 aromatic heterocycles. The average molecular weight is 453 g/mol. The van der Waals surface area contributed by atoms with Crippen LogP contribution in [0.4, 0.5) is 11.4 Å². The first kappa shape index (κ1) is 22.0. The molecule has 0 saturated carbocycles. The molecular formula is C25H25ClN2O4. The second kappa shape index (κ2) is 8.36. The van der Waals surface area contributed by atoms with Crippen molar-refractivity contribution in [1.29, 1.82) is 0 Å². The van der Waals surface area contributed by atoms with E-state index in [4.69, 9.17) is 16.3 Å². The molecule has 0 radical (unpaired) electrons. The Balaban J connectivity index is 1.98. The van der Waals surface area contributed by atoms with Crippen molar-refractivity contribution in [3.05, 3.63) is 64.8 Å². The van der Waals surface area contributed by atoms with Crippen LogP contribution in [0.2, 0.25) is 5.02 Å². The molecule has 0 atom stereocenters. The number of nitrogens with one attached hydrogen (secondary N) is 1. The number of carboxylic acids is 1. The fourth-order valence-electron chi connectivity index (χ4n) is 4.35. The maximum atomic E-state index is 13.3. The molecule has 2 N–H and O–H groups in total. The quantitative estimate of drug-likeness (QED) is 0.494. The fourth-order valence-corrected chi connectivity index (χ4v) is 4.47. The number of fused-ring (bicyclic) bond motifs is 1. The SMILES string of the molecule is COc1ccc(-c2c(Nc3ccc(Cl)cc3)c3c(n2CC(=O)O)CC(C)(C)CC3=O)cc1. The molecule has 2 aromatic carbocycles. The third kappa shape index (κ3) is 4.23. The van der Waals surface area contributed by atoms with E-state index in [1.54, 1.807) is 23.8 Å². The van der Waals surface area contributed by atoms with Crippen molar-refractivity contribution in [3.63, 3.8) is 0 Å². The molecule has 0 fully saturated rings. The number of carboxylic acid groups (broad SMARTS) is 1. The van der Waals surface area contributed by atoms with Crippen LogP contribution in [0.5, 0.6) is 5.75 Å². The van der Waals surface area contributed by atoms with E-state index in [-0.39, 0.29) is 17.7 Å². The van der Waals surface area contributed by atoms with Gasteiger partial charge in [-0.25, -0.2) is 0 Å². The van der Waals surface area contributed by atoms with Gasteiger partial charge in [-0.15, -0.1) is 0 Å². The number of benzene rings is 2. The van der Waals surface area contributed by atoms with Gasteiger partial charge >= 0.3 is 5.97 Å². The molecule has 1 aliphatic carbocycles. The first-order valence-corrected chi connectivity index (χ1v) is 10.7. The number of methoxy groups -OCH3 is 1. The molecule has 4 rings (SSSR count). The molecule has 0 saturated heterocycles. The zero-order valence-corrected chi connectivity index (χ0v) is 19.0. The van der Waals surface area contributed by atoms with E-state index < -0.39 is 5.97 Å². The summed E-state index contributed by atoms with van der Waals surface area (Å²) < 4.78 is 7.04. The van der Waals surface area contributed by atoms with E-state index in [2.05, 4.69) is 5.32 Å². The second-order valence-electron chi connectivity index (χ2n) is 8.83. The summed E-state index contributed by atoms with van der Waals surface area (Å²) in [7, 11) is 1.59. The first-order chi connectivity index (χ1) is 15.2. The van der Waals surface area contributed by atoms with Gasteiger partial charge in [0.25, 0.3) is 0 Å². The van der Waals surface area contributed by atoms with Gasteiger partial charge in [-0.05, 0) is 60.4 Å². The van der Waals surface area contributed by atoms with E-state index in [1.807, 2.05) is 50.2 Å². The maximum Gasteiger partial charge on any atom is 0.323 e. The van der Waals surface area contributed by atoms with E-state index in [0.717, 1.165) is 16.9 Å². The summed E-state index contributed by atoms with van der Waals surface area (Å²) in [5.41, 5.74) is 3.89. The summed E-state index contributed by atoms with van der Waals surface area (Å²) >= 11 is 6.04. The number of anilines is 2. The third-order valence-electron chi connectivity index (χ3n) is 5.71. The molecule has 1 heterocycles. The van der Waals surface area contributed by atoms with Gasteiger partial charge in [-0.1, -0.05) is 25.4 Å². The number of halogens is 1. The Morgan fingerprint density at radius 3 is 2.38 bits per heavy atom. The van der Waals surface area contributed by atoms with Crippen LogP contribution in [-0.2, 0) is 17.8 Å². The van der Waals surface area contributed by atoms with Gasteiger partial charge in [-0.3, -0.25) is 9.59 Å². The van der Waals surface area contributed by atoms with Gasteiger partial charge in [0.1, 0.15) is 12.3 Å². The number of aliphatic carboxylic acids is 1. The Kier molecular flexibility index (Phi) is 5.73. The van der Waals surface area contributed by atoms with Crippen LogP contribution in [0, 0.1) is 5.41 Å². The number of carbonyl (C=O) groups excluding carboxylic acids is 1. The summed E-state index contributed by atoms with van der Waals surface area (Å²) in [5, 5.41) is 13.7. The number of aromatic nitrogens is 1. The van der Waals surface area contributed by atoms with Crippen molar-refractivity contribution >= 4 is 34.7 Å². The summed E-state index contributed by atoms with van der Waals surface area (Å²) in [6, 6.07) is 14.6. The Labute approximate surface area is 191 Å². The Morgan fingerprint density at radius 2 is 1.78 bits per heavy atom. The van der Waals surface area contributed by atoms with Gasteiger partial charge in [0.15, 0.2) is 5.78 Å². The van der Waals surface area contributed by atoms with Crippen LogP contribution in [-0.4, -0.2) is 28.5 Å². The summed E-state index contributed by atoms with van der Waals surface area (Å²) in [4.78, 5) is 25.1. The molecule has 0 amide bonds. The smallest absolute Gasteiger partial charge is 0.323 e. The average Bonchev–Trinajstić information content (AvgIpc) is 3.01. The molecule has 7 heteroatoms. The highest BCUT2D eigenvalue weighted by molar-refractivity contribution is 6.30. The lowest BCUT2D eigenvalue weighted by Gasteiger charge is -2.29. The van der Waals surface area contributed by atoms with Crippen LogP contribution in [0.3, 0.4) is 0 Å². The minimum absolute atomic E-state index is 0.00612. The van der Waals surface area contributed by atoms with Crippen molar-refractivity contribution in [2.24, 2.45) is 5.41 Å². The molecule has 0 spiro atoms. The topological polar surface area (TPSA) is 80.6 Å². The lowest BCUT2D eigenvalue weighted by Crippen LogP contribution is -2.29. The van der Waals surface area contributed by atoms with E-state index in [1.165, 1.54) is 0 Å². The predicted octanol–water partition coefficient (Wildman–Crippen LogP) is 5.80. The maximum absolute atomic E-state index is 13.3. The number of rotatable bonds is 6. The predicted molar refractivity (Wildman–Crippen MR) is 125 cm³/mol. The van der Waals surface area contributed by atoms with Gasteiger partial charge < -0.3 is 19.7 Å². The van der Waals surface area contributed by atoms with Crippen LogP contribution >= 0.6 is 11.6 Å². The minimum atomic E-state index is -0.966. The Bertz CT molecular complexity index is 1180. The lowest BCUT2D eigenvalue weighted by atomic mass is 9.76. The van der Waals surface area contributed by atoms with E-state index in [0.29, 0.717) is 40.6 Å². The summed E-state index contributed by atoms with van der Waals surface area (Å²) in [6.07, 6.45) is 1.00. The lowest BCUT2D eigenvalue weighted by molar-refractivity contribution is -0.137. The molecule has 6 nitrogen and oxygen atoms in total. The molecular weight excluding hydrogens is 428 g/mol. The van der Waals surface area contributed by atoms with Crippen LogP contribution in [0.1, 0.15) is 36.3 Å². The molecule has 0 bridgehead atoms. The van der Waals surface area contributed by atoms with Crippen molar-refractivity contribution < 1.29 is 19.4 Å². The van der Waals surface area contributed by atoms with Gasteiger partial charge in [0.05, 0.1) is 24.1 Å². The largest absolute Gasteiger partial charge is 0.497 e. The Hall–Kier alpha value is -3.25. The fraction of sp³-hybridized carbons (Fsp3) is 0.280. The van der Waals surface area contributed by atoms with Crippen molar-refractivity contribution in [1.82, 2.24) is 4.57 Å². The molecule has 0 aliphatic heterocycles. The van der Waals surface area contributed by atoms with Crippen LogP contribution in [0.15, 0.2) is 48.5 Å². The standard InChI is InChI=1S/C25H25ClN2O4/c1-25(2)12-19-22(20(29)13-25)23(27-17-8-6-16(26)7-9-17)24(28(19)14-21(30)31)15-4-10-18(32-3)11-5-15/h4-11,27H,12-14H2,1-3H3,(H,30,31). The summed E-state index contributed by atoms with van der Waals surface area (Å²) in [6.45, 7) is 3.83. The first-order valence-electron chi connectivity index (χ1n) is 10.4. The zero-order chi connectivity index (χ0) is 23.0. The number of carbonyl (C=O) groups is 2. The van der Waals surface area contributed by atoms with E-state index in [9.17, 15) is 14.7 Å². The number of hydrogen-bond acceptors (Lipinski definition) is 4. The number of nitrogens with zero attached hydrogens (tertiary/aromatic N) is 1. The number of hydrogen-bond donors (Lipinski definition) is 2. The zero-order valence-electron chi connectivity index (χ0n) is 18.2. The summed E-state index contributed by atoms with van der Waals surface area (Å²) in [5.74, 6) is -0.266. The number of ether oxygens (including phenoxy) is 1. The van der Waals surface area contributed by atoms with E-state index >= 15 is 0 Å². The van der Waals surface area contributed by atoms with Gasteiger partial charge in [-0.2, -0.15) is 0 Å². The molecule has 3 aromatic rings. The second-order valence-corrected chi connectivity index (χ2v) is 9.26. The molecule has 166 valence electrons. The van der Waals surface area contributed by atoms with Crippen molar-refractivity contribution in [2.45, 2.75) is 33.2 Å². The number of ketones is 1. The molecule has 1 aliphatic rings. The van der Waals surface area contributed by atoms with Gasteiger partial charge in [0, 0.05) is 28.4 Å². The van der Waals surface area contributed by atoms with Crippen LogP contribution < -0.4 is 10.1 Å². The monoisotopic (exact) mass is 452 g/mol. The number of Topliss-reactive ketones (excluding diaryl/α,β-unsaturated/α-hetero) is 1. The third-order valence-corrected chi connectivity index (χ3v) is 5.96. The Morgan fingerprint density at radius 1 is 1.12 bits per heavy atom. The normalized spacial score (nSPS) is 14.7. The van der Waals surface area contributed by atoms with Crippen molar-refractivity contribution in [2.75, 3.05) is 12.4 Å². The minimum Gasteiger partial charge on any atom is -0.497 e.